The number of anilines is 1. The summed E-state index contributed by atoms with van der Waals surface area (Å²) >= 11 is 7.31. The van der Waals surface area contributed by atoms with Gasteiger partial charge in [0.2, 0.25) is 5.91 Å². The summed E-state index contributed by atoms with van der Waals surface area (Å²) in [6, 6.07) is 9.13. The normalized spacial score (nSPS) is 10.6. The number of benzene rings is 2. The van der Waals surface area contributed by atoms with Crippen LogP contribution in [0.1, 0.15) is 0 Å². The zero-order valence-corrected chi connectivity index (χ0v) is 18.5. The average Bonchev–Trinajstić information content (AvgIpc) is 3.16. The Kier molecular flexibility index (Phi) is 7.54. The smallest absolute Gasteiger partial charge is 0.234 e. The molecule has 0 aliphatic heterocycles. The van der Waals surface area contributed by atoms with E-state index in [1.807, 2.05) is 4.57 Å². The summed E-state index contributed by atoms with van der Waals surface area (Å²) in [5.74, 6) is 0.861. The average molecular weight is 463 g/mol. The third-order valence-corrected chi connectivity index (χ3v) is 5.47. The van der Waals surface area contributed by atoms with Crippen LogP contribution in [0.2, 0.25) is 5.02 Å². The third-order valence-electron chi connectivity index (χ3n) is 4.21. The van der Waals surface area contributed by atoms with Crippen molar-refractivity contribution >= 4 is 35.0 Å². The molecule has 0 saturated heterocycles. The second kappa shape index (κ2) is 10.3. The van der Waals surface area contributed by atoms with Gasteiger partial charge >= 0.3 is 0 Å². The minimum absolute atomic E-state index is 0.0762. The first kappa shape index (κ1) is 22.6. The van der Waals surface area contributed by atoms with E-state index in [0.29, 0.717) is 45.3 Å². The molecule has 1 N–H and O–H groups in total. The number of carbonyl (C=O) groups excluding carboxylic acids is 1. The molecule has 0 aliphatic rings. The highest BCUT2D eigenvalue weighted by Crippen LogP contribution is 2.36. The second-order valence-corrected chi connectivity index (χ2v) is 7.59. The number of nitrogens with one attached hydrogen (secondary N) is 1. The number of aromatic nitrogens is 3. The van der Waals surface area contributed by atoms with Gasteiger partial charge in [-0.3, -0.25) is 9.36 Å². The van der Waals surface area contributed by atoms with Crippen LogP contribution in [0.5, 0.6) is 11.5 Å². The van der Waals surface area contributed by atoms with E-state index in [4.69, 9.17) is 21.1 Å². The lowest BCUT2D eigenvalue weighted by atomic mass is 10.2. The molecule has 162 valence electrons. The summed E-state index contributed by atoms with van der Waals surface area (Å²) in [6.45, 7) is 4.19. The number of amides is 1. The summed E-state index contributed by atoms with van der Waals surface area (Å²) in [5, 5.41) is 12.1. The number of allylic oxidation sites excluding steroid dienone is 1. The fourth-order valence-electron chi connectivity index (χ4n) is 2.78. The Morgan fingerprint density at radius 2 is 1.94 bits per heavy atom. The Morgan fingerprint density at radius 1 is 1.23 bits per heavy atom. The number of ether oxygens (including phenoxy) is 2. The van der Waals surface area contributed by atoms with Gasteiger partial charge in [-0.1, -0.05) is 29.4 Å². The molecule has 0 radical (unpaired) electrons. The number of hydrogen-bond acceptors (Lipinski definition) is 6. The summed E-state index contributed by atoms with van der Waals surface area (Å²) in [7, 11) is 2.97. The first-order chi connectivity index (χ1) is 15.0. The van der Waals surface area contributed by atoms with E-state index in [0.717, 1.165) is 0 Å². The second-order valence-electron chi connectivity index (χ2n) is 6.24. The molecule has 0 aliphatic carbocycles. The van der Waals surface area contributed by atoms with Crippen LogP contribution in [0.3, 0.4) is 0 Å². The van der Waals surface area contributed by atoms with Crippen molar-refractivity contribution in [2.24, 2.45) is 0 Å². The van der Waals surface area contributed by atoms with Crippen LogP contribution < -0.4 is 14.8 Å². The maximum Gasteiger partial charge on any atom is 0.234 e. The monoisotopic (exact) mass is 462 g/mol. The molecule has 10 heteroatoms. The van der Waals surface area contributed by atoms with Crippen molar-refractivity contribution in [2.45, 2.75) is 11.7 Å². The van der Waals surface area contributed by atoms with Gasteiger partial charge in [0.25, 0.3) is 0 Å². The quantitative estimate of drug-likeness (QED) is 0.367. The highest BCUT2D eigenvalue weighted by Gasteiger charge is 2.17. The van der Waals surface area contributed by atoms with E-state index < -0.39 is 0 Å². The predicted octanol–water partition coefficient (Wildman–Crippen LogP) is 4.67. The van der Waals surface area contributed by atoms with Gasteiger partial charge in [0.15, 0.2) is 11.0 Å². The predicted molar refractivity (Wildman–Crippen MR) is 120 cm³/mol. The molecule has 1 heterocycles. The van der Waals surface area contributed by atoms with Gasteiger partial charge in [-0.2, -0.15) is 0 Å². The standard InChI is InChI=1S/C21H20ClFN4O3S/c1-4-9-27-20(13-5-7-14(23)8-6-13)25-26-21(27)31-12-19(28)24-16-11-17(29-2)15(22)10-18(16)30-3/h4-8,10-11H,1,9,12H2,2-3H3,(H,24,28). The molecule has 0 saturated carbocycles. The number of nitrogens with zero attached hydrogens (tertiary/aromatic N) is 3. The molecular formula is C21H20ClFN4O3S. The van der Waals surface area contributed by atoms with Crippen molar-refractivity contribution in [2.75, 3.05) is 25.3 Å². The third kappa shape index (κ3) is 5.36. The van der Waals surface area contributed by atoms with E-state index in [2.05, 4.69) is 22.1 Å². The first-order valence-corrected chi connectivity index (χ1v) is 10.5. The van der Waals surface area contributed by atoms with Gasteiger partial charge in [-0.25, -0.2) is 4.39 Å². The van der Waals surface area contributed by atoms with E-state index in [1.165, 1.54) is 38.1 Å². The van der Waals surface area contributed by atoms with Gasteiger partial charge in [0.05, 0.1) is 30.7 Å². The fraction of sp³-hybridized carbons (Fsp3) is 0.190. The van der Waals surface area contributed by atoms with E-state index in [9.17, 15) is 9.18 Å². The van der Waals surface area contributed by atoms with Crippen LogP contribution >= 0.6 is 23.4 Å². The Labute approximate surface area is 188 Å². The van der Waals surface area contributed by atoms with Gasteiger partial charge in [-0.05, 0) is 24.3 Å². The van der Waals surface area contributed by atoms with E-state index in [1.54, 1.807) is 30.3 Å². The van der Waals surface area contributed by atoms with Crippen LogP contribution in [0.4, 0.5) is 10.1 Å². The summed E-state index contributed by atoms with van der Waals surface area (Å²) in [5.41, 5.74) is 1.15. The molecule has 1 amide bonds. The van der Waals surface area contributed by atoms with Gasteiger partial charge in [0.1, 0.15) is 17.3 Å². The van der Waals surface area contributed by atoms with Crippen molar-refractivity contribution in [3.63, 3.8) is 0 Å². The number of hydrogen-bond donors (Lipinski definition) is 1. The molecule has 0 atom stereocenters. The molecule has 2 aromatic carbocycles. The Bertz CT molecular complexity index is 1090. The number of thioether (sulfide) groups is 1. The summed E-state index contributed by atoms with van der Waals surface area (Å²) in [6.07, 6.45) is 1.70. The molecular weight excluding hydrogens is 443 g/mol. The lowest BCUT2D eigenvalue weighted by molar-refractivity contribution is -0.113. The summed E-state index contributed by atoms with van der Waals surface area (Å²) < 4.78 is 25.5. The highest BCUT2D eigenvalue weighted by atomic mass is 35.5. The fourth-order valence-corrected chi connectivity index (χ4v) is 3.75. The zero-order chi connectivity index (χ0) is 22.4. The minimum atomic E-state index is -0.334. The highest BCUT2D eigenvalue weighted by molar-refractivity contribution is 7.99. The van der Waals surface area contributed by atoms with Crippen molar-refractivity contribution < 1.29 is 18.7 Å². The molecule has 3 aromatic rings. The van der Waals surface area contributed by atoms with Crippen LogP contribution in [-0.4, -0.2) is 40.6 Å². The van der Waals surface area contributed by atoms with Crippen LogP contribution in [0.25, 0.3) is 11.4 Å². The van der Waals surface area contributed by atoms with Crippen molar-refractivity contribution in [1.82, 2.24) is 14.8 Å². The van der Waals surface area contributed by atoms with Gasteiger partial charge in [0, 0.05) is 24.2 Å². The summed E-state index contributed by atoms with van der Waals surface area (Å²) in [4.78, 5) is 12.5. The largest absolute Gasteiger partial charge is 0.495 e. The topological polar surface area (TPSA) is 78.3 Å². The Hall–Kier alpha value is -3.04. The Balaban J connectivity index is 1.75. The molecule has 0 spiro atoms. The number of methoxy groups -OCH3 is 2. The van der Waals surface area contributed by atoms with E-state index >= 15 is 0 Å². The van der Waals surface area contributed by atoms with Crippen LogP contribution in [-0.2, 0) is 11.3 Å². The van der Waals surface area contributed by atoms with Crippen LogP contribution in [0, 0.1) is 5.82 Å². The molecule has 3 rings (SSSR count). The lowest BCUT2D eigenvalue weighted by Crippen LogP contribution is -2.15. The zero-order valence-electron chi connectivity index (χ0n) is 16.9. The molecule has 31 heavy (non-hydrogen) atoms. The number of carbonyl (C=O) groups is 1. The molecule has 0 bridgehead atoms. The number of halogens is 2. The van der Waals surface area contributed by atoms with Gasteiger partial charge in [-0.15, -0.1) is 16.8 Å². The molecule has 7 nitrogen and oxygen atoms in total. The van der Waals surface area contributed by atoms with Crippen molar-refractivity contribution in [1.29, 1.82) is 0 Å². The molecule has 0 fully saturated rings. The molecule has 1 aromatic heterocycles. The van der Waals surface area contributed by atoms with Crippen molar-refractivity contribution in [3.05, 3.63) is 59.9 Å². The Morgan fingerprint density at radius 3 is 2.58 bits per heavy atom. The maximum absolute atomic E-state index is 13.2. The SMILES string of the molecule is C=CCn1c(SCC(=O)Nc2cc(OC)c(Cl)cc2OC)nnc1-c1ccc(F)cc1. The first-order valence-electron chi connectivity index (χ1n) is 9.11. The van der Waals surface area contributed by atoms with Crippen LogP contribution in [0.15, 0.2) is 54.2 Å². The minimum Gasteiger partial charge on any atom is -0.495 e. The lowest BCUT2D eigenvalue weighted by Gasteiger charge is -2.13. The van der Waals surface area contributed by atoms with Gasteiger partial charge < -0.3 is 14.8 Å². The van der Waals surface area contributed by atoms with Crippen molar-refractivity contribution in [3.8, 4) is 22.9 Å². The van der Waals surface area contributed by atoms with E-state index in [-0.39, 0.29) is 17.5 Å². The molecule has 0 unspecified atom stereocenters. The number of rotatable bonds is 9. The maximum atomic E-state index is 13.2.